The molecule has 0 saturated carbocycles. The van der Waals surface area contributed by atoms with Crippen molar-refractivity contribution in [2.45, 2.75) is 138 Å². The molecule has 6 heteroatoms. The van der Waals surface area contributed by atoms with Gasteiger partial charge < -0.3 is 26.8 Å². The van der Waals surface area contributed by atoms with Crippen molar-refractivity contribution in [3.05, 3.63) is 173 Å². The van der Waals surface area contributed by atoms with E-state index in [0.717, 1.165) is 59.0 Å². The molecule has 0 bridgehead atoms. The number of hydrogen-bond acceptors (Lipinski definition) is 3. The fourth-order valence-corrected chi connectivity index (χ4v) is 10.6. The Kier molecular flexibility index (Phi) is 15.2. The number of rotatable bonds is 7. The van der Waals surface area contributed by atoms with Gasteiger partial charge in [-0.25, -0.2) is 5.69 Å². The molecule has 0 saturated heterocycles. The van der Waals surface area contributed by atoms with Crippen LogP contribution in [0.2, 0.25) is 0 Å². The summed E-state index contributed by atoms with van der Waals surface area (Å²) in [5.74, 6) is 0. The van der Waals surface area contributed by atoms with Crippen molar-refractivity contribution in [2.75, 3.05) is 14.7 Å². The minimum atomic E-state index is -0.201. The molecule has 0 aromatic heterocycles. The molecule has 67 heavy (non-hydrogen) atoms. The maximum absolute atomic E-state index is 4.22. The standard InChI is InChI=1S/C61H66BN3.2Ba/c1-15-17-24-44(16-2)63(45-25-20-18-21-26-45)47-29-30-50-52(37-47)65(57-40(3)33-42(34-41(57)4)58(5,6)7)55-36-43(59(8,9)10)35-54-56(55)62(50)51-38-48-49(61(13,14)32-31-60(48,11)12)39-53(51)64(54)46-27-22-19-23-28-46;;/h16-26,29-30,33-34,36-38H,15,31-32H2,1-14H3;;/q-4;2*+2/b24-17-,44-16+;;. The van der Waals surface area contributed by atoms with E-state index in [0.29, 0.717) is 0 Å². The van der Waals surface area contributed by atoms with E-state index in [1.54, 1.807) is 0 Å². The van der Waals surface area contributed by atoms with Crippen LogP contribution in [0.5, 0.6) is 0 Å². The number of fused-ring (bicyclic) bond motifs is 5. The molecule has 3 nitrogen and oxygen atoms in total. The molecule has 6 aromatic carbocycles. The summed E-state index contributed by atoms with van der Waals surface area (Å²) in [5.41, 5.74) is 21.3. The Morgan fingerprint density at radius 2 is 1.37 bits per heavy atom. The Morgan fingerprint density at radius 1 is 0.716 bits per heavy atom. The molecule has 0 unspecified atom stereocenters. The Hall–Kier alpha value is -2.59. The summed E-state index contributed by atoms with van der Waals surface area (Å²) in [6.07, 6.45) is 9.96. The first-order valence-corrected chi connectivity index (χ1v) is 23.9. The predicted octanol–water partition coefficient (Wildman–Crippen LogP) is 13.8. The molecular weight excluding hydrogens is 1060 g/mol. The van der Waals surface area contributed by atoms with Crippen LogP contribution in [0.3, 0.4) is 0 Å². The molecular formula is C61H66BBa2N3. The first-order chi connectivity index (χ1) is 30.7. The predicted molar refractivity (Wildman–Crippen MR) is 291 cm³/mol. The van der Waals surface area contributed by atoms with Crippen LogP contribution in [0.4, 0.5) is 45.5 Å². The molecule has 332 valence electrons. The van der Waals surface area contributed by atoms with E-state index in [1.807, 2.05) is 18.2 Å². The van der Waals surface area contributed by atoms with Crippen molar-refractivity contribution in [3.63, 3.8) is 0 Å². The Balaban J connectivity index is 0.00000333. The molecule has 0 spiro atoms. The number of allylic oxidation sites excluding steroid dienone is 3. The zero-order valence-electron chi connectivity index (χ0n) is 42.8. The van der Waals surface area contributed by atoms with Gasteiger partial charge >= 0.3 is 97.8 Å². The van der Waals surface area contributed by atoms with Crippen molar-refractivity contribution in [1.29, 1.82) is 0 Å². The third-order valence-electron chi connectivity index (χ3n) is 14.4. The van der Waals surface area contributed by atoms with E-state index in [4.69, 9.17) is 0 Å². The molecule has 2 heterocycles. The van der Waals surface area contributed by atoms with Crippen LogP contribution in [0.15, 0.2) is 115 Å². The van der Waals surface area contributed by atoms with Crippen LogP contribution >= 0.6 is 0 Å². The molecule has 9 rings (SSSR count). The van der Waals surface area contributed by atoms with E-state index in [9.17, 15) is 0 Å². The van der Waals surface area contributed by atoms with Crippen LogP contribution in [-0.2, 0) is 21.7 Å². The number of anilines is 8. The van der Waals surface area contributed by atoms with Crippen molar-refractivity contribution < 1.29 is 0 Å². The maximum Gasteiger partial charge on any atom is 2.00 e. The van der Waals surface area contributed by atoms with Crippen LogP contribution in [0.25, 0.3) is 0 Å². The van der Waals surface area contributed by atoms with Crippen LogP contribution in [-0.4, -0.2) is 104 Å². The number of aryl methyl sites for hydroxylation is 2. The summed E-state index contributed by atoms with van der Waals surface area (Å²) in [6.45, 7) is 32.5. The third kappa shape index (κ3) is 9.41. The van der Waals surface area contributed by atoms with Gasteiger partial charge in [-0.1, -0.05) is 159 Å². The number of para-hydroxylation sites is 2. The van der Waals surface area contributed by atoms with Gasteiger partial charge in [0, 0.05) is 28.4 Å². The summed E-state index contributed by atoms with van der Waals surface area (Å²) in [4.78, 5) is 7.43. The van der Waals surface area contributed by atoms with E-state index in [-0.39, 0.29) is 126 Å². The second kappa shape index (κ2) is 19.5. The summed E-state index contributed by atoms with van der Waals surface area (Å²) in [6, 6.07) is 49.6. The van der Waals surface area contributed by atoms with Crippen molar-refractivity contribution in [3.8, 4) is 0 Å². The van der Waals surface area contributed by atoms with E-state index in [1.165, 1.54) is 61.3 Å². The first-order valence-electron chi connectivity index (χ1n) is 23.9. The average molecular weight is 1130 g/mol. The number of hydrogen-bond donors (Lipinski definition) is 0. The fraction of sp³-hybridized carbons (Fsp3) is 0.344. The minimum absolute atomic E-state index is 0. The molecule has 0 fully saturated rings. The van der Waals surface area contributed by atoms with Gasteiger partial charge in [0.05, 0.1) is 0 Å². The molecule has 0 radical (unpaired) electrons. The fourth-order valence-electron chi connectivity index (χ4n) is 10.6. The Labute approximate surface area is 485 Å². The van der Waals surface area contributed by atoms with Crippen molar-refractivity contribution in [2.24, 2.45) is 0 Å². The zero-order valence-corrected chi connectivity index (χ0v) is 51.7. The van der Waals surface area contributed by atoms with Gasteiger partial charge in [-0.15, -0.1) is 17.1 Å². The van der Waals surface area contributed by atoms with Crippen molar-refractivity contribution in [1.82, 2.24) is 0 Å². The normalized spacial score (nSPS) is 15.8. The summed E-state index contributed by atoms with van der Waals surface area (Å²) in [5, 5.41) is 0. The van der Waals surface area contributed by atoms with Gasteiger partial charge in [0.25, 0.3) is 0 Å². The van der Waals surface area contributed by atoms with Crippen LogP contribution in [0.1, 0.15) is 136 Å². The van der Waals surface area contributed by atoms with E-state index < -0.39 is 0 Å². The third-order valence-corrected chi connectivity index (χ3v) is 14.4. The van der Waals surface area contributed by atoms with Crippen LogP contribution < -0.4 is 31.1 Å². The SMILES string of the molecule is C/C=C(\C=C/CC)N(c1ccccc1)c1ccc2c(c1)N(c1c(C)cc(C(C)(C)C)cc1C)c1cc(C(C)(C)C)[c-]c3c1B2c1cc2c([c-]c1N3c1[c-]ccc[c-]1)C(C)(C)CCC2(C)C.[Ba+2].[Ba+2]. The van der Waals surface area contributed by atoms with Gasteiger partial charge in [-0.3, -0.25) is 18.2 Å². The molecule has 0 amide bonds. The molecule has 2 aliphatic heterocycles. The van der Waals surface area contributed by atoms with E-state index >= 15 is 0 Å². The average Bonchev–Trinajstić information content (AvgIpc) is 3.26. The van der Waals surface area contributed by atoms with Gasteiger partial charge in [0.15, 0.2) is 0 Å². The quantitative estimate of drug-likeness (QED) is 0.0895. The van der Waals surface area contributed by atoms with Gasteiger partial charge in [-0.2, -0.15) is 34.8 Å². The monoisotopic (exact) mass is 1130 g/mol. The molecule has 0 atom stereocenters. The molecule has 3 aliphatic rings. The summed E-state index contributed by atoms with van der Waals surface area (Å²) < 4.78 is 0. The van der Waals surface area contributed by atoms with E-state index in [2.05, 4.69) is 227 Å². The van der Waals surface area contributed by atoms with Gasteiger partial charge in [-0.05, 0) is 96.9 Å². The Bertz CT molecular complexity index is 2860. The smallest absolute Gasteiger partial charge is 0.406 e. The molecule has 1 aliphatic carbocycles. The van der Waals surface area contributed by atoms with Crippen molar-refractivity contribution >= 4 is 166 Å². The van der Waals surface area contributed by atoms with Gasteiger partial charge in [0.2, 0.25) is 0 Å². The second-order valence-corrected chi connectivity index (χ2v) is 22.1. The zero-order chi connectivity index (χ0) is 46.4. The summed E-state index contributed by atoms with van der Waals surface area (Å²) in [7, 11) is 0. The number of benzene rings is 6. The second-order valence-electron chi connectivity index (χ2n) is 22.1. The largest absolute Gasteiger partial charge is 2.00 e. The van der Waals surface area contributed by atoms with Gasteiger partial charge in [0.1, 0.15) is 6.71 Å². The summed E-state index contributed by atoms with van der Waals surface area (Å²) >= 11 is 0. The Morgan fingerprint density at radius 3 is 1.99 bits per heavy atom. The molecule has 6 aromatic rings. The topological polar surface area (TPSA) is 9.72 Å². The number of nitrogens with zero attached hydrogens (tertiary/aromatic N) is 3. The minimum Gasteiger partial charge on any atom is -0.406 e. The van der Waals surface area contributed by atoms with Crippen LogP contribution in [0, 0.1) is 38.1 Å². The molecule has 0 N–H and O–H groups in total. The maximum atomic E-state index is 4.22. The first kappa shape index (κ1) is 52.2.